The van der Waals surface area contributed by atoms with E-state index in [1.807, 2.05) is 0 Å². The Morgan fingerprint density at radius 2 is 1.94 bits per heavy atom. The Balaban J connectivity index is 2.14. The molecule has 0 aromatic heterocycles. The summed E-state index contributed by atoms with van der Waals surface area (Å²) in [5.41, 5.74) is 2.79. The molecular formula is C15H22O. The van der Waals surface area contributed by atoms with Crippen LogP contribution < -0.4 is 4.74 Å². The zero-order chi connectivity index (χ0) is 11.8. The van der Waals surface area contributed by atoms with Crippen LogP contribution in [0.5, 0.6) is 5.75 Å². The summed E-state index contributed by atoms with van der Waals surface area (Å²) in [6.07, 6.45) is 2.69. The summed E-state index contributed by atoms with van der Waals surface area (Å²) in [7, 11) is 0. The van der Waals surface area contributed by atoms with E-state index in [0.717, 1.165) is 18.3 Å². The van der Waals surface area contributed by atoms with Gasteiger partial charge in [-0.2, -0.15) is 0 Å². The molecule has 0 spiro atoms. The van der Waals surface area contributed by atoms with E-state index >= 15 is 0 Å². The maximum Gasteiger partial charge on any atom is 0.122 e. The number of hydrogen-bond acceptors (Lipinski definition) is 1. The van der Waals surface area contributed by atoms with E-state index in [4.69, 9.17) is 4.74 Å². The molecule has 1 heteroatoms. The second kappa shape index (κ2) is 4.12. The van der Waals surface area contributed by atoms with Crippen molar-refractivity contribution in [2.45, 2.75) is 46.0 Å². The zero-order valence-corrected chi connectivity index (χ0v) is 10.8. The molecule has 0 aliphatic heterocycles. The zero-order valence-electron chi connectivity index (χ0n) is 10.8. The fourth-order valence-corrected chi connectivity index (χ4v) is 1.71. The lowest BCUT2D eigenvalue weighted by Crippen LogP contribution is -2.11. The molecule has 0 radical (unpaired) electrons. The maximum atomic E-state index is 5.90. The molecule has 1 saturated carbocycles. The first-order valence-corrected chi connectivity index (χ1v) is 6.21. The molecule has 1 nitrogen and oxygen atoms in total. The van der Waals surface area contributed by atoms with Gasteiger partial charge in [0.05, 0.1) is 6.61 Å². The lowest BCUT2D eigenvalue weighted by atomic mass is 9.86. The molecule has 0 heterocycles. The number of aryl methyl sites for hydroxylation is 1. The van der Waals surface area contributed by atoms with Crippen molar-refractivity contribution in [3.63, 3.8) is 0 Å². The molecule has 0 N–H and O–H groups in total. The van der Waals surface area contributed by atoms with Crippen LogP contribution >= 0.6 is 0 Å². The molecule has 0 amide bonds. The van der Waals surface area contributed by atoms with E-state index in [0.29, 0.717) is 0 Å². The molecule has 16 heavy (non-hydrogen) atoms. The van der Waals surface area contributed by atoms with Crippen LogP contribution in [0.15, 0.2) is 18.2 Å². The molecule has 0 bridgehead atoms. The molecule has 1 fully saturated rings. The van der Waals surface area contributed by atoms with E-state index in [-0.39, 0.29) is 5.41 Å². The molecule has 1 aliphatic carbocycles. The van der Waals surface area contributed by atoms with E-state index in [1.54, 1.807) is 0 Å². The molecule has 0 saturated heterocycles. The second-order valence-corrected chi connectivity index (χ2v) is 5.98. The molecule has 1 aromatic carbocycles. The third-order valence-electron chi connectivity index (χ3n) is 3.23. The summed E-state index contributed by atoms with van der Waals surface area (Å²) in [4.78, 5) is 0. The van der Waals surface area contributed by atoms with Crippen molar-refractivity contribution in [3.05, 3.63) is 29.3 Å². The molecule has 1 aromatic rings. The second-order valence-electron chi connectivity index (χ2n) is 5.98. The summed E-state index contributed by atoms with van der Waals surface area (Å²) in [5.74, 6) is 1.89. The Labute approximate surface area is 98.8 Å². The third kappa shape index (κ3) is 2.78. The lowest BCUT2D eigenvalue weighted by molar-refractivity contribution is 0.297. The topological polar surface area (TPSA) is 9.23 Å². The fourth-order valence-electron chi connectivity index (χ4n) is 1.71. The van der Waals surface area contributed by atoms with Gasteiger partial charge in [-0.1, -0.05) is 32.9 Å². The summed E-state index contributed by atoms with van der Waals surface area (Å²) >= 11 is 0. The highest BCUT2D eigenvalue weighted by Crippen LogP contribution is 2.32. The van der Waals surface area contributed by atoms with Crippen LogP contribution in [0.1, 0.15) is 44.7 Å². The predicted molar refractivity (Wildman–Crippen MR) is 68.1 cm³/mol. The van der Waals surface area contributed by atoms with Crippen LogP contribution in [-0.2, 0) is 5.41 Å². The Kier molecular flexibility index (Phi) is 2.96. The Morgan fingerprint density at radius 1 is 1.25 bits per heavy atom. The van der Waals surface area contributed by atoms with Crippen LogP contribution in [0, 0.1) is 12.8 Å². The number of rotatable bonds is 3. The standard InChI is InChI=1S/C15H22O/c1-11-5-8-13(15(2,3)4)9-14(11)16-10-12-6-7-12/h5,8-9,12H,6-7,10H2,1-4H3. The van der Waals surface area contributed by atoms with Gasteiger partial charge in [-0.15, -0.1) is 0 Å². The van der Waals surface area contributed by atoms with Crippen molar-refractivity contribution < 1.29 is 4.74 Å². The van der Waals surface area contributed by atoms with Gasteiger partial charge in [-0.3, -0.25) is 0 Å². The Bertz CT molecular complexity index is 370. The average Bonchev–Trinajstić information content (AvgIpc) is 2.98. The van der Waals surface area contributed by atoms with Crippen molar-refractivity contribution in [2.24, 2.45) is 5.92 Å². The third-order valence-corrected chi connectivity index (χ3v) is 3.23. The smallest absolute Gasteiger partial charge is 0.122 e. The van der Waals surface area contributed by atoms with Crippen LogP contribution in [0.25, 0.3) is 0 Å². The summed E-state index contributed by atoms with van der Waals surface area (Å²) in [6.45, 7) is 9.73. The highest BCUT2D eigenvalue weighted by Gasteiger charge is 2.22. The Hall–Kier alpha value is -0.980. The van der Waals surface area contributed by atoms with Crippen molar-refractivity contribution in [1.29, 1.82) is 0 Å². The minimum atomic E-state index is 0.200. The monoisotopic (exact) mass is 218 g/mol. The lowest BCUT2D eigenvalue weighted by Gasteiger charge is -2.20. The number of ether oxygens (including phenoxy) is 1. The minimum Gasteiger partial charge on any atom is -0.493 e. The quantitative estimate of drug-likeness (QED) is 0.742. The molecule has 0 atom stereocenters. The Morgan fingerprint density at radius 3 is 2.50 bits per heavy atom. The minimum absolute atomic E-state index is 0.200. The summed E-state index contributed by atoms with van der Waals surface area (Å²) in [6, 6.07) is 6.58. The van der Waals surface area contributed by atoms with Crippen molar-refractivity contribution in [3.8, 4) is 5.75 Å². The highest BCUT2D eigenvalue weighted by molar-refractivity contribution is 5.39. The molecule has 0 unspecified atom stereocenters. The van der Waals surface area contributed by atoms with Crippen molar-refractivity contribution in [1.82, 2.24) is 0 Å². The summed E-state index contributed by atoms with van der Waals surface area (Å²) < 4.78 is 5.90. The average molecular weight is 218 g/mol. The molecular weight excluding hydrogens is 196 g/mol. The molecule has 1 aliphatic rings. The van der Waals surface area contributed by atoms with Crippen LogP contribution in [0.4, 0.5) is 0 Å². The van der Waals surface area contributed by atoms with Crippen molar-refractivity contribution >= 4 is 0 Å². The first-order chi connectivity index (χ1) is 7.47. The normalized spacial score (nSPS) is 16.2. The maximum absolute atomic E-state index is 5.90. The summed E-state index contributed by atoms with van der Waals surface area (Å²) in [5, 5.41) is 0. The van der Waals surface area contributed by atoms with E-state index in [2.05, 4.69) is 45.9 Å². The van der Waals surface area contributed by atoms with Gasteiger partial charge in [0, 0.05) is 0 Å². The van der Waals surface area contributed by atoms with Gasteiger partial charge in [0.25, 0.3) is 0 Å². The highest BCUT2D eigenvalue weighted by atomic mass is 16.5. The van der Waals surface area contributed by atoms with Gasteiger partial charge in [-0.05, 0) is 48.3 Å². The first-order valence-electron chi connectivity index (χ1n) is 6.21. The fraction of sp³-hybridized carbons (Fsp3) is 0.600. The van der Waals surface area contributed by atoms with Gasteiger partial charge in [0.1, 0.15) is 5.75 Å². The van der Waals surface area contributed by atoms with Crippen LogP contribution in [0.2, 0.25) is 0 Å². The van der Waals surface area contributed by atoms with E-state index in [9.17, 15) is 0 Å². The number of hydrogen-bond donors (Lipinski definition) is 0. The van der Waals surface area contributed by atoms with Crippen LogP contribution in [0.3, 0.4) is 0 Å². The van der Waals surface area contributed by atoms with Gasteiger partial charge in [0.15, 0.2) is 0 Å². The van der Waals surface area contributed by atoms with Gasteiger partial charge in [0.2, 0.25) is 0 Å². The SMILES string of the molecule is Cc1ccc(C(C)(C)C)cc1OCC1CC1. The van der Waals surface area contributed by atoms with Crippen molar-refractivity contribution in [2.75, 3.05) is 6.61 Å². The van der Waals surface area contributed by atoms with Gasteiger partial charge < -0.3 is 4.74 Å². The molecule has 2 rings (SSSR count). The first kappa shape index (κ1) is 11.5. The molecule has 88 valence electrons. The van der Waals surface area contributed by atoms with E-state index < -0.39 is 0 Å². The van der Waals surface area contributed by atoms with E-state index in [1.165, 1.54) is 24.0 Å². The largest absolute Gasteiger partial charge is 0.493 e. The predicted octanol–water partition coefficient (Wildman–Crippen LogP) is 4.08. The number of benzene rings is 1. The van der Waals surface area contributed by atoms with Gasteiger partial charge in [-0.25, -0.2) is 0 Å². The van der Waals surface area contributed by atoms with Crippen LogP contribution in [-0.4, -0.2) is 6.61 Å². The van der Waals surface area contributed by atoms with Gasteiger partial charge >= 0.3 is 0 Å².